The van der Waals surface area contributed by atoms with Gasteiger partial charge in [0.25, 0.3) is 0 Å². The summed E-state index contributed by atoms with van der Waals surface area (Å²) in [6.07, 6.45) is 6.88. The van der Waals surface area contributed by atoms with Crippen LogP contribution in [0.15, 0.2) is 54.1 Å². The van der Waals surface area contributed by atoms with Crippen molar-refractivity contribution in [3.8, 4) is 11.1 Å². The number of benzene rings is 2. The van der Waals surface area contributed by atoms with Gasteiger partial charge in [-0.3, -0.25) is 0 Å². The van der Waals surface area contributed by atoms with Crippen LogP contribution in [-0.4, -0.2) is 0 Å². The molecule has 0 fully saturated rings. The van der Waals surface area contributed by atoms with Crippen molar-refractivity contribution in [2.75, 3.05) is 0 Å². The van der Waals surface area contributed by atoms with E-state index in [9.17, 15) is 0 Å². The molecule has 22 heavy (non-hydrogen) atoms. The summed E-state index contributed by atoms with van der Waals surface area (Å²) in [5.74, 6) is 0. The van der Waals surface area contributed by atoms with E-state index in [-0.39, 0.29) is 24.8 Å². The Morgan fingerprint density at radius 1 is 0.909 bits per heavy atom. The fraction of sp³-hybridized carbons (Fsp3) is 0.158. The predicted molar refractivity (Wildman–Crippen MR) is 80.7 cm³/mol. The fourth-order valence-corrected chi connectivity index (χ4v) is 4.48. The molecule has 0 saturated heterocycles. The van der Waals surface area contributed by atoms with Gasteiger partial charge < -0.3 is 24.8 Å². The monoisotopic (exact) mass is 403 g/mol. The molecule has 0 bridgehead atoms. The Balaban J connectivity index is 0.000000882. The van der Waals surface area contributed by atoms with Crippen LogP contribution in [0.4, 0.5) is 0 Å². The van der Waals surface area contributed by atoms with E-state index in [1.54, 1.807) is 8.83 Å². The van der Waals surface area contributed by atoms with E-state index in [1.807, 2.05) is 0 Å². The minimum atomic E-state index is 0. The molecule has 0 N–H and O–H groups in total. The Bertz CT molecular complexity index is 788. The van der Waals surface area contributed by atoms with E-state index in [1.165, 1.54) is 58.1 Å². The summed E-state index contributed by atoms with van der Waals surface area (Å²) in [5.41, 5.74) is 10.3. The van der Waals surface area contributed by atoms with Crippen molar-refractivity contribution in [2.45, 2.75) is 19.8 Å². The minimum Gasteiger partial charge on any atom is -1.00 e. The smallest absolute Gasteiger partial charge is 1.00 e. The Morgan fingerprint density at radius 2 is 1.64 bits per heavy atom. The van der Waals surface area contributed by atoms with E-state index in [0.717, 1.165) is 12.8 Å². The molecule has 0 nitrogen and oxygen atoms in total. The second-order valence-electron chi connectivity index (χ2n) is 5.67. The molecule has 0 aromatic heterocycles. The summed E-state index contributed by atoms with van der Waals surface area (Å²) >= 11 is 1.53. The van der Waals surface area contributed by atoms with Gasteiger partial charge in [-0.2, -0.15) is 0 Å². The zero-order valence-electron chi connectivity index (χ0n) is 12.3. The zero-order valence-corrected chi connectivity index (χ0v) is 16.3. The molecular formula is C19H15Cl2Zr. The van der Waals surface area contributed by atoms with Crippen molar-refractivity contribution >= 4 is 8.84 Å². The first kappa shape index (κ1) is 17.7. The number of hydrogen-bond donors (Lipinski definition) is 0. The van der Waals surface area contributed by atoms with Crippen molar-refractivity contribution in [2.24, 2.45) is 0 Å². The molecule has 0 spiro atoms. The van der Waals surface area contributed by atoms with Crippen LogP contribution >= 0.6 is 0 Å². The Labute approximate surface area is 159 Å². The first-order valence-electron chi connectivity index (χ1n) is 7.07. The van der Waals surface area contributed by atoms with E-state index >= 15 is 0 Å². The number of hydrogen-bond acceptors (Lipinski definition) is 0. The third-order valence-electron chi connectivity index (χ3n) is 4.38. The number of allylic oxidation sites excluding steroid dienone is 4. The van der Waals surface area contributed by atoms with Crippen LogP contribution in [0.2, 0.25) is 0 Å². The molecule has 0 heterocycles. The van der Waals surface area contributed by atoms with Crippen molar-refractivity contribution in [3.63, 3.8) is 0 Å². The second-order valence-corrected chi connectivity index (χ2v) is 6.90. The summed E-state index contributed by atoms with van der Waals surface area (Å²) in [4.78, 5) is 0. The van der Waals surface area contributed by atoms with Gasteiger partial charge in [-0.15, -0.1) is 0 Å². The van der Waals surface area contributed by atoms with Gasteiger partial charge in [-0.25, -0.2) is 0 Å². The van der Waals surface area contributed by atoms with Crippen LogP contribution in [-0.2, 0) is 31.1 Å². The van der Waals surface area contributed by atoms with Crippen LogP contribution in [0.3, 0.4) is 0 Å². The average Bonchev–Trinajstić information content (AvgIpc) is 3.04. The second kappa shape index (κ2) is 6.87. The zero-order chi connectivity index (χ0) is 13.7. The number of rotatable bonds is 1. The van der Waals surface area contributed by atoms with Crippen molar-refractivity contribution in [1.29, 1.82) is 0 Å². The number of halogens is 2. The van der Waals surface area contributed by atoms with E-state index in [4.69, 9.17) is 0 Å². The normalized spacial score (nSPS) is 14.3. The summed E-state index contributed by atoms with van der Waals surface area (Å²) < 4.78 is 1.56. The maximum atomic E-state index is 2.34. The molecule has 2 aliphatic carbocycles. The minimum absolute atomic E-state index is 0. The van der Waals surface area contributed by atoms with E-state index in [2.05, 4.69) is 55.5 Å². The van der Waals surface area contributed by atoms with Crippen LogP contribution in [0.25, 0.3) is 16.7 Å². The largest absolute Gasteiger partial charge is 1.00 e. The standard InChI is InChI=1S/C19H15.2ClH.Zr/c1-13-6-7-14(10-13)15-8-9-19-17(11-15)12-16-4-2-3-5-18(16)19;;;/h2-6,8-10H,7,12H2,1H3;2*1H;/q;;;+2/p-2. The molecule has 109 valence electrons. The van der Waals surface area contributed by atoms with Gasteiger partial charge >= 0.3 is 135 Å². The third-order valence-corrected chi connectivity index (χ3v) is 5.78. The molecule has 2 aromatic carbocycles. The summed E-state index contributed by atoms with van der Waals surface area (Å²) in [6.45, 7) is 2.19. The Hall–Kier alpha value is -0.617. The van der Waals surface area contributed by atoms with Crippen molar-refractivity contribution < 1.29 is 49.5 Å². The maximum Gasteiger partial charge on any atom is -1.00 e. The number of fused-ring (bicyclic) bond motifs is 3. The fourth-order valence-electron chi connectivity index (χ4n) is 3.33. The van der Waals surface area contributed by atoms with Gasteiger partial charge in [-0.1, -0.05) is 0 Å². The Kier molecular flexibility index (Phi) is 5.54. The van der Waals surface area contributed by atoms with Gasteiger partial charge in [0.2, 0.25) is 0 Å². The van der Waals surface area contributed by atoms with Crippen molar-refractivity contribution in [3.05, 3.63) is 70.8 Å². The molecule has 0 atom stereocenters. The maximum absolute atomic E-state index is 2.34. The molecule has 0 saturated carbocycles. The summed E-state index contributed by atoms with van der Waals surface area (Å²) in [7, 11) is 0. The van der Waals surface area contributed by atoms with Crippen LogP contribution in [0, 0.1) is 0 Å². The quantitative estimate of drug-likeness (QED) is 0.447. The van der Waals surface area contributed by atoms with Crippen molar-refractivity contribution in [1.82, 2.24) is 0 Å². The van der Waals surface area contributed by atoms with Gasteiger partial charge in [0.1, 0.15) is 0 Å². The molecule has 0 radical (unpaired) electrons. The molecular weight excluding hydrogens is 390 g/mol. The molecule has 0 amide bonds. The summed E-state index contributed by atoms with van der Waals surface area (Å²) in [5, 5.41) is 0. The van der Waals surface area contributed by atoms with Crippen LogP contribution in [0.5, 0.6) is 0 Å². The third kappa shape index (κ3) is 2.80. The van der Waals surface area contributed by atoms with E-state index < -0.39 is 0 Å². The molecule has 0 unspecified atom stereocenters. The molecule has 2 aliphatic rings. The molecule has 4 rings (SSSR count). The first-order chi connectivity index (χ1) is 9.74. The molecule has 0 aliphatic heterocycles. The van der Waals surface area contributed by atoms with Crippen LogP contribution < -0.4 is 28.1 Å². The first-order valence-corrected chi connectivity index (χ1v) is 8.30. The average molecular weight is 405 g/mol. The molecule has 2 aromatic rings. The molecule has 3 heteroatoms. The van der Waals surface area contributed by atoms with Gasteiger partial charge in [0, 0.05) is 0 Å². The van der Waals surface area contributed by atoms with E-state index in [0.29, 0.717) is 0 Å². The van der Waals surface area contributed by atoms with Gasteiger partial charge in [0.15, 0.2) is 0 Å². The SMILES string of the molecule is CC1=CCC(c2ccc3c([c]2[Zr+2])Cc2ccccc2-3)=C1.[Cl-].[Cl-]. The van der Waals surface area contributed by atoms with Gasteiger partial charge in [0.05, 0.1) is 0 Å². The Morgan fingerprint density at radius 3 is 2.36 bits per heavy atom. The predicted octanol–water partition coefficient (Wildman–Crippen LogP) is -1.83. The summed E-state index contributed by atoms with van der Waals surface area (Å²) in [6, 6.07) is 13.5. The van der Waals surface area contributed by atoms with Crippen LogP contribution in [0.1, 0.15) is 30.0 Å². The van der Waals surface area contributed by atoms with Gasteiger partial charge in [-0.05, 0) is 0 Å². The topological polar surface area (TPSA) is 0 Å².